The van der Waals surface area contributed by atoms with Gasteiger partial charge in [-0.25, -0.2) is 14.2 Å². The molecule has 180 valence electrons. The smallest absolute Gasteiger partial charge is 0.343 e. The number of H-pyrrole nitrogens is 1. The first kappa shape index (κ1) is 23.2. The SMILES string of the molecule is COC(=O)COc1cc(Cc2nc(-c3ccc4ncccc4c3)c(-c3cccc(C)n3)[nH]2)ccc1F. The number of hydrogen-bond acceptors (Lipinski definition) is 6. The van der Waals surface area contributed by atoms with Crippen LogP contribution in [0.3, 0.4) is 0 Å². The number of nitrogens with zero attached hydrogens (tertiary/aromatic N) is 3. The molecule has 5 aromatic rings. The van der Waals surface area contributed by atoms with E-state index in [0.29, 0.717) is 12.2 Å². The Morgan fingerprint density at radius 3 is 2.75 bits per heavy atom. The summed E-state index contributed by atoms with van der Waals surface area (Å²) in [5.41, 5.74) is 5.82. The predicted molar refractivity (Wildman–Crippen MR) is 134 cm³/mol. The molecule has 0 amide bonds. The number of hydrogen-bond donors (Lipinski definition) is 1. The van der Waals surface area contributed by atoms with Crippen molar-refractivity contribution in [3.05, 3.63) is 95.8 Å². The van der Waals surface area contributed by atoms with Gasteiger partial charge in [-0.2, -0.15) is 0 Å². The summed E-state index contributed by atoms with van der Waals surface area (Å²) in [6, 6.07) is 20.3. The lowest BCUT2D eigenvalue weighted by atomic mass is 10.1. The van der Waals surface area contributed by atoms with Crippen LogP contribution >= 0.6 is 0 Å². The lowest BCUT2D eigenvalue weighted by molar-refractivity contribution is -0.142. The largest absolute Gasteiger partial charge is 0.479 e. The summed E-state index contributed by atoms with van der Waals surface area (Å²) in [6.07, 6.45) is 2.16. The van der Waals surface area contributed by atoms with Crippen molar-refractivity contribution in [2.24, 2.45) is 0 Å². The summed E-state index contributed by atoms with van der Waals surface area (Å²) in [5.74, 6) is -0.485. The number of aryl methyl sites for hydroxylation is 1. The van der Waals surface area contributed by atoms with Gasteiger partial charge in [-0.3, -0.25) is 9.97 Å². The highest BCUT2D eigenvalue weighted by Gasteiger charge is 2.17. The van der Waals surface area contributed by atoms with Crippen LogP contribution in [0.25, 0.3) is 33.5 Å². The second-order valence-electron chi connectivity index (χ2n) is 8.29. The van der Waals surface area contributed by atoms with Crippen LogP contribution < -0.4 is 4.74 Å². The zero-order chi connectivity index (χ0) is 25.1. The van der Waals surface area contributed by atoms with Gasteiger partial charge in [-0.1, -0.05) is 24.3 Å². The third-order valence-corrected chi connectivity index (χ3v) is 5.71. The average Bonchev–Trinajstić information content (AvgIpc) is 3.32. The van der Waals surface area contributed by atoms with Crippen molar-refractivity contribution in [3.8, 4) is 28.4 Å². The van der Waals surface area contributed by atoms with Crippen molar-refractivity contribution >= 4 is 16.9 Å². The van der Waals surface area contributed by atoms with Crippen LogP contribution in [0.2, 0.25) is 0 Å². The number of halogens is 1. The number of benzene rings is 2. The van der Waals surface area contributed by atoms with Gasteiger partial charge in [0.2, 0.25) is 0 Å². The molecular formula is C28H23FN4O3. The molecule has 8 heteroatoms. The van der Waals surface area contributed by atoms with Gasteiger partial charge in [0.15, 0.2) is 18.2 Å². The first-order chi connectivity index (χ1) is 17.5. The average molecular weight is 483 g/mol. The highest BCUT2D eigenvalue weighted by molar-refractivity contribution is 5.86. The van der Waals surface area contributed by atoms with Crippen molar-refractivity contribution < 1.29 is 18.7 Å². The van der Waals surface area contributed by atoms with Gasteiger partial charge in [0.25, 0.3) is 0 Å². The van der Waals surface area contributed by atoms with Gasteiger partial charge in [-0.15, -0.1) is 0 Å². The summed E-state index contributed by atoms with van der Waals surface area (Å²) >= 11 is 0. The number of carbonyl (C=O) groups is 1. The van der Waals surface area contributed by atoms with Crippen molar-refractivity contribution in [1.82, 2.24) is 19.9 Å². The second kappa shape index (κ2) is 9.95. The molecule has 0 bridgehead atoms. The van der Waals surface area contributed by atoms with Crippen molar-refractivity contribution in [2.45, 2.75) is 13.3 Å². The van der Waals surface area contributed by atoms with Gasteiger partial charge in [0.05, 0.1) is 29.7 Å². The molecule has 1 N–H and O–H groups in total. The van der Waals surface area contributed by atoms with Crippen molar-refractivity contribution in [2.75, 3.05) is 13.7 Å². The number of aromatic amines is 1. The topological polar surface area (TPSA) is 90.0 Å². The Morgan fingerprint density at radius 2 is 1.92 bits per heavy atom. The molecule has 0 aliphatic rings. The number of methoxy groups -OCH3 is 1. The minimum Gasteiger partial charge on any atom is -0.479 e. The van der Waals surface area contributed by atoms with E-state index in [1.165, 1.54) is 13.2 Å². The Kier molecular flexibility index (Phi) is 6.40. The lowest BCUT2D eigenvalue weighted by Gasteiger charge is -2.08. The van der Waals surface area contributed by atoms with E-state index in [0.717, 1.165) is 44.8 Å². The molecular weight excluding hydrogens is 459 g/mol. The van der Waals surface area contributed by atoms with Crippen LogP contribution in [0, 0.1) is 12.7 Å². The van der Waals surface area contributed by atoms with Crippen LogP contribution in [0.4, 0.5) is 4.39 Å². The van der Waals surface area contributed by atoms with Crippen LogP contribution in [0.1, 0.15) is 17.1 Å². The second-order valence-corrected chi connectivity index (χ2v) is 8.29. The monoisotopic (exact) mass is 482 g/mol. The number of imidazole rings is 1. The quantitative estimate of drug-likeness (QED) is 0.318. The summed E-state index contributed by atoms with van der Waals surface area (Å²) in [5, 5.41) is 1.01. The standard InChI is InChI=1S/C28H23FN4O3/c1-17-5-3-7-23(31-17)28-27(20-9-11-22-19(15-20)6-4-12-30-22)32-25(33-28)14-18-8-10-21(29)24(13-18)36-16-26(34)35-2/h3-13,15H,14,16H2,1-2H3,(H,32,33). The maximum absolute atomic E-state index is 14.2. The van der Waals surface area contributed by atoms with Gasteiger partial charge >= 0.3 is 5.97 Å². The number of nitrogens with one attached hydrogen (secondary N) is 1. The first-order valence-corrected chi connectivity index (χ1v) is 11.4. The normalized spacial score (nSPS) is 11.0. The number of fused-ring (bicyclic) bond motifs is 1. The predicted octanol–water partition coefficient (Wildman–Crippen LogP) is 5.28. The molecule has 0 radical (unpaired) electrons. The number of esters is 1. The molecule has 0 unspecified atom stereocenters. The Balaban J connectivity index is 1.53. The van der Waals surface area contributed by atoms with E-state index in [2.05, 4.69) is 25.8 Å². The van der Waals surface area contributed by atoms with Gasteiger partial charge < -0.3 is 14.5 Å². The van der Waals surface area contributed by atoms with Crippen LogP contribution in [0.15, 0.2) is 72.9 Å². The van der Waals surface area contributed by atoms with Gasteiger partial charge in [0.1, 0.15) is 5.82 Å². The molecule has 2 aromatic carbocycles. The van der Waals surface area contributed by atoms with E-state index >= 15 is 0 Å². The number of rotatable bonds is 7. The highest BCUT2D eigenvalue weighted by Crippen LogP contribution is 2.32. The molecule has 3 heterocycles. The molecule has 5 rings (SSSR count). The third-order valence-electron chi connectivity index (χ3n) is 5.71. The maximum atomic E-state index is 14.2. The van der Waals surface area contributed by atoms with Crippen molar-refractivity contribution in [1.29, 1.82) is 0 Å². The Labute approximate surface area is 207 Å². The molecule has 0 aliphatic heterocycles. The molecule has 0 spiro atoms. The zero-order valence-electron chi connectivity index (χ0n) is 19.8. The van der Waals surface area contributed by atoms with E-state index in [1.54, 1.807) is 18.3 Å². The third kappa shape index (κ3) is 4.93. The molecule has 0 saturated carbocycles. The molecule has 3 aromatic heterocycles. The fraction of sp³-hybridized carbons (Fsp3) is 0.143. The molecule has 0 aliphatic carbocycles. The minimum atomic E-state index is -0.587. The van der Waals surface area contributed by atoms with E-state index < -0.39 is 11.8 Å². The molecule has 0 fully saturated rings. The number of aromatic nitrogens is 4. The lowest BCUT2D eigenvalue weighted by Crippen LogP contribution is -2.13. The molecule has 0 saturated heterocycles. The van der Waals surface area contributed by atoms with Crippen LogP contribution in [-0.2, 0) is 16.0 Å². The fourth-order valence-corrected chi connectivity index (χ4v) is 3.96. The van der Waals surface area contributed by atoms with E-state index in [4.69, 9.17) is 9.72 Å². The maximum Gasteiger partial charge on any atom is 0.343 e. The number of carbonyl (C=O) groups excluding carboxylic acids is 1. The number of ether oxygens (including phenoxy) is 2. The Bertz CT molecular complexity index is 1560. The minimum absolute atomic E-state index is 0.0210. The van der Waals surface area contributed by atoms with Gasteiger partial charge in [-0.05, 0) is 55.0 Å². The summed E-state index contributed by atoms with van der Waals surface area (Å²) in [7, 11) is 1.25. The van der Waals surface area contributed by atoms with Gasteiger partial charge in [0, 0.05) is 29.3 Å². The summed E-state index contributed by atoms with van der Waals surface area (Å²) in [4.78, 5) is 28.8. The van der Waals surface area contributed by atoms with Crippen LogP contribution in [-0.4, -0.2) is 39.6 Å². The molecule has 36 heavy (non-hydrogen) atoms. The zero-order valence-corrected chi connectivity index (χ0v) is 19.8. The van der Waals surface area contributed by atoms with Crippen LogP contribution in [0.5, 0.6) is 5.75 Å². The first-order valence-electron chi connectivity index (χ1n) is 11.4. The summed E-state index contributed by atoms with van der Waals surface area (Å²) in [6.45, 7) is 1.57. The number of pyridine rings is 2. The summed E-state index contributed by atoms with van der Waals surface area (Å²) < 4.78 is 24.1. The fourth-order valence-electron chi connectivity index (χ4n) is 3.96. The van der Waals surface area contributed by atoms with E-state index in [9.17, 15) is 9.18 Å². The molecule has 0 atom stereocenters. The van der Waals surface area contributed by atoms with E-state index in [-0.39, 0.29) is 12.4 Å². The van der Waals surface area contributed by atoms with Crippen molar-refractivity contribution in [3.63, 3.8) is 0 Å². The molecule has 7 nitrogen and oxygen atoms in total. The van der Waals surface area contributed by atoms with E-state index in [1.807, 2.05) is 49.4 Å². The highest BCUT2D eigenvalue weighted by atomic mass is 19.1. The Hall–Kier alpha value is -4.59. The Morgan fingerprint density at radius 1 is 1.03 bits per heavy atom.